The summed E-state index contributed by atoms with van der Waals surface area (Å²) in [5.41, 5.74) is -0.537. The molecule has 0 radical (unpaired) electrons. The zero-order valence-electron chi connectivity index (χ0n) is 15.4. The lowest BCUT2D eigenvalue weighted by molar-refractivity contribution is -0.115. The van der Waals surface area contributed by atoms with Gasteiger partial charge in [0.25, 0.3) is 5.56 Å². The van der Waals surface area contributed by atoms with Crippen LogP contribution in [0, 0.1) is 11.6 Å². The number of carbonyl (C=O) groups is 1. The first-order valence-electron chi connectivity index (χ1n) is 8.62. The number of rotatable bonds is 4. The van der Waals surface area contributed by atoms with Crippen LogP contribution in [0.3, 0.4) is 0 Å². The summed E-state index contributed by atoms with van der Waals surface area (Å²) in [7, 11) is 1.32. The number of H-pyrrole nitrogens is 1. The van der Waals surface area contributed by atoms with E-state index in [1.807, 2.05) is 0 Å². The average Bonchev–Trinajstić information content (AvgIpc) is 3.16. The molecular weight excluding hydrogens is 416 g/mol. The van der Waals surface area contributed by atoms with Gasteiger partial charge < -0.3 is 5.32 Å². The van der Waals surface area contributed by atoms with Crippen LogP contribution < -0.4 is 16.6 Å². The van der Waals surface area contributed by atoms with Crippen molar-refractivity contribution in [2.45, 2.75) is 6.42 Å². The van der Waals surface area contributed by atoms with Crippen LogP contribution in [0.5, 0.6) is 0 Å². The first kappa shape index (κ1) is 19.6. The fraction of sp³-hybridized carbons (Fsp3) is 0.105. The van der Waals surface area contributed by atoms with Gasteiger partial charge in [0, 0.05) is 24.2 Å². The summed E-state index contributed by atoms with van der Waals surface area (Å²) < 4.78 is 28.2. The van der Waals surface area contributed by atoms with E-state index in [9.17, 15) is 23.2 Å². The third-order valence-corrected chi connectivity index (χ3v) is 5.17. The molecule has 1 amide bonds. The fourth-order valence-electron chi connectivity index (χ4n) is 2.92. The number of hydrogen-bond acceptors (Lipinski definition) is 6. The molecule has 0 unspecified atom stereocenters. The lowest BCUT2D eigenvalue weighted by atomic mass is 10.1. The Labute approximate surface area is 170 Å². The zero-order valence-corrected chi connectivity index (χ0v) is 16.2. The molecule has 0 spiro atoms. The number of nitrogens with zero attached hydrogens (tertiary/aromatic N) is 3. The van der Waals surface area contributed by atoms with Crippen LogP contribution in [-0.2, 0) is 18.3 Å². The predicted octanol–water partition coefficient (Wildman–Crippen LogP) is 2.20. The van der Waals surface area contributed by atoms with Gasteiger partial charge in [-0.15, -0.1) is 11.3 Å². The van der Waals surface area contributed by atoms with Gasteiger partial charge in [0.05, 0.1) is 17.5 Å². The van der Waals surface area contributed by atoms with E-state index in [1.165, 1.54) is 36.8 Å². The minimum absolute atomic E-state index is 0.0145. The van der Waals surface area contributed by atoms with Crippen LogP contribution in [0.1, 0.15) is 5.56 Å². The predicted molar refractivity (Wildman–Crippen MR) is 107 cm³/mol. The molecule has 4 aromatic rings. The van der Waals surface area contributed by atoms with Crippen molar-refractivity contribution >= 4 is 33.4 Å². The third-order valence-electron chi connectivity index (χ3n) is 4.41. The highest BCUT2D eigenvalue weighted by Gasteiger charge is 2.16. The maximum Gasteiger partial charge on any atom is 0.329 e. The summed E-state index contributed by atoms with van der Waals surface area (Å²) in [6, 6.07) is 5.27. The summed E-state index contributed by atoms with van der Waals surface area (Å²) >= 11 is 1.05. The number of amides is 1. The number of aromatic amines is 1. The smallest absolute Gasteiger partial charge is 0.302 e. The van der Waals surface area contributed by atoms with Crippen LogP contribution >= 0.6 is 11.3 Å². The van der Waals surface area contributed by atoms with Crippen molar-refractivity contribution in [1.82, 2.24) is 19.5 Å². The van der Waals surface area contributed by atoms with Gasteiger partial charge in [-0.2, -0.15) is 0 Å². The number of hydrogen-bond donors (Lipinski definition) is 2. The Balaban J connectivity index is 1.59. The molecular formula is C19H13F2N5O3S. The highest BCUT2D eigenvalue weighted by molar-refractivity contribution is 7.14. The minimum Gasteiger partial charge on any atom is -0.302 e. The van der Waals surface area contributed by atoms with Crippen molar-refractivity contribution in [3.63, 3.8) is 0 Å². The molecule has 3 aromatic heterocycles. The lowest BCUT2D eigenvalue weighted by Crippen LogP contribution is -2.33. The zero-order chi connectivity index (χ0) is 21.4. The molecule has 0 aliphatic heterocycles. The maximum atomic E-state index is 13.9. The second-order valence-corrected chi connectivity index (χ2v) is 7.21. The molecule has 1 aromatic carbocycles. The molecule has 4 rings (SSSR count). The number of halogens is 2. The lowest BCUT2D eigenvalue weighted by Gasteiger charge is -2.06. The molecule has 11 heteroatoms. The first-order chi connectivity index (χ1) is 14.3. The van der Waals surface area contributed by atoms with Crippen LogP contribution in [0.4, 0.5) is 13.9 Å². The van der Waals surface area contributed by atoms with Crippen LogP contribution in [0.2, 0.25) is 0 Å². The molecule has 0 aliphatic rings. The van der Waals surface area contributed by atoms with Gasteiger partial charge in [-0.1, -0.05) is 6.07 Å². The molecule has 0 aliphatic carbocycles. The van der Waals surface area contributed by atoms with Gasteiger partial charge in [0.2, 0.25) is 5.91 Å². The molecule has 3 heterocycles. The van der Waals surface area contributed by atoms with E-state index in [0.717, 1.165) is 22.0 Å². The SMILES string of the molecule is Cn1c(=O)[nH]c2nccc(CC(=O)Nc3nc(-c4cccc(F)c4F)cs3)c2c1=O. The summed E-state index contributed by atoms with van der Waals surface area (Å²) in [6.07, 6.45) is 1.21. The van der Waals surface area contributed by atoms with Crippen molar-refractivity contribution < 1.29 is 13.6 Å². The highest BCUT2D eigenvalue weighted by atomic mass is 32.1. The fourth-order valence-corrected chi connectivity index (χ4v) is 3.65. The highest BCUT2D eigenvalue weighted by Crippen LogP contribution is 2.28. The quantitative estimate of drug-likeness (QED) is 0.517. The number of pyridine rings is 1. The standard InChI is InChI=1S/C19H13F2N5O3S/c1-26-17(28)14-9(5-6-22-16(14)25-19(26)29)7-13(27)24-18-23-12(8-30-18)10-3-2-4-11(20)15(10)21/h2-6,8H,7H2,1H3,(H,22,25,29)(H,23,24,27). The molecule has 0 saturated carbocycles. The van der Waals surface area contributed by atoms with Crippen molar-refractivity contribution in [3.05, 3.63) is 73.9 Å². The maximum absolute atomic E-state index is 13.9. The number of thiazole rings is 1. The Kier molecular flexibility index (Phi) is 4.96. The Morgan fingerprint density at radius 2 is 2.07 bits per heavy atom. The molecule has 0 saturated heterocycles. The second-order valence-electron chi connectivity index (χ2n) is 6.35. The monoisotopic (exact) mass is 429 g/mol. The minimum atomic E-state index is -1.02. The molecule has 8 nitrogen and oxygen atoms in total. The van der Waals surface area contributed by atoms with Gasteiger partial charge in [-0.25, -0.2) is 23.5 Å². The Hall–Kier alpha value is -3.73. The number of aromatic nitrogens is 4. The summed E-state index contributed by atoms with van der Waals surface area (Å²) in [6.45, 7) is 0. The number of benzene rings is 1. The van der Waals surface area contributed by atoms with E-state index in [4.69, 9.17) is 0 Å². The number of anilines is 1. The van der Waals surface area contributed by atoms with Crippen molar-refractivity contribution in [3.8, 4) is 11.3 Å². The molecule has 0 atom stereocenters. The van der Waals surface area contributed by atoms with Crippen LogP contribution in [0.25, 0.3) is 22.3 Å². The third kappa shape index (κ3) is 3.50. The normalized spacial score (nSPS) is 11.0. The van der Waals surface area contributed by atoms with Crippen molar-refractivity contribution in [2.75, 3.05) is 5.32 Å². The van der Waals surface area contributed by atoms with Crippen LogP contribution in [-0.4, -0.2) is 25.4 Å². The van der Waals surface area contributed by atoms with Crippen molar-refractivity contribution in [2.24, 2.45) is 7.05 Å². The van der Waals surface area contributed by atoms with Gasteiger partial charge in [0.1, 0.15) is 5.65 Å². The van der Waals surface area contributed by atoms with E-state index >= 15 is 0 Å². The van der Waals surface area contributed by atoms with E-state index in [0.29, 0.717) is 5.56 Å². The van der Waals surface area contributed by atoms with Crippen LogP contribution in [0.15, 0.2) is 45.4 Å². The first-order valence-corrected chi connectivity index (χ1v) is 9.50. The van der Waals surface area contributed by atoms with Gasteiger partial charge in [0.15, 0.2) is 16.8 Å². The molecule has 152 valence electrons. The van der Waals surface area contributed by atoms with E-state index in [1.54, 1.807) is 0 Å². The van der Waals surface area contributed by atoms with Gasteiger partial charge in [-0.05, 0) is 23.8 Å². The molecule has 30 heavy (non-hydrogen) atoms. The summed E-state index contributed by atoms with van der Waals surface area (Å²) in [4.78, 5) is 47.2. The topological polar surface area (TPSA) is 110 Å². The van der Waals surface area contributed by atoms with E-state index in [2.05, 4.69) is 20.3 Å². The molecule has 2 N–H and O–H groups in total. The Morgan fingerprint density at radius 3 is 2.87 bits per heavy atom. The van der Waals surface area contributed by atoms with E-state index < -0.39 is 28.8 Å². The molecule has 0 fully saturated rings. The average molecular weight is 429 g/mol. The summed E-state index contributed by atoms with van der Waals surface area (Å²) in [5, 5.41) is 4.40. The number of carbonyl (C=O) groups excluding carboxylic acids is 1. The second kappa shape index (κ2) is 7.59. The number of fused-ring (bicyclic) bond motifs is 1. The Morgan fingerprint density at radius 1 is 1.27 bits per heavy atom. The van der Waals surface area contributed by atoms with E-state index in [-0.39, 0.29) is 33.8 Å². The van der Waals surface area contributed by atoms with Gasteiger partial charge in [-0.3, -0.25) is 19.1 Å². The molecule has 0 bridgehead atoms. The largest absolute Gasteiger partial charge is 0.329 e. The summed E-state index contributed by atoms with van der Waals surface area (Å²) in [5.74, 6) is -2.49. The van der Waals surface area contributed by atoms with Gasteiger partial charge >= 0.3 is 5.69 Å². The number of nitrogens with one attached hydrogen (secondary N) is 2. The van der Waals surface area contributed by atoms with Crippen molar-refractivity contribution in [1.29, 1.82) is 0 Å². The Bertz CT molecular complexity index is 1410.